The molecule has 566 valence electrons. The molecule has 5 aliphatic rings. The van der Waals surface area contributed by atoms with Gasteiger partial charge in [0.25, 0.3) is 0 Å². The summed E-state index contributed by atoms with van der Waals surface area (Å²) in [5.74, 6) is -0.300. The van der Waals surface area contributed by atoms with Crippen molar-refractivity contribution in [2.75, 3.05) is 19.8 Å². The van der Waals surface area contributed by atoms with Gasteiger partial charge in [-0.2, -0.15) is 26.3 Å². The minimum absolute atomic E-state index is 0.0165. The summed E-state index contributed by atoms with van der Waals surface area (Å²) in [6.45, 7) is 11.8. The van der Waals surface area contributed by atoms with Crippen molar-refractivity contribution in [2.24, 2.45) is 35.3 Å². The molecule has 0 bridgehead atoms. The van der Waals surface area contributed by atoms with E-state index in [1.165, 1.54) is 17.2 Å². The molecule has 8 aromatic carbocycles. The van der Waals surface area contributed by atoms with Gasteiger partial charge in [-0.1, -0.05) is 141 Å². The van der Waals surface area contributed by atoms with E-state index in [4.69, 9.17) is 67.0 Å². The van der Waals surface area contributed by atoms with Crippen molar-refractivity contribution in [1.29, 1.82) is 26.3 Å². The van der Waals surface area contributed by atoms with Crippen LogP contribution in [0.5, 0.6) is 0 Å². The number of ether oxygens (including phenoxy) is 2. The predicted molar refractivity (Wildman–Crippen MR) is 425 cm³/mol. The van der Waals surface area contributed by atoms with Gasteiger partial charge >= 0.3 is 23.9 Å². The lowest BCUT2D eigenvalue weighted by Crippen LogP contribution is -2.25. The Balaban J connectivity index is 0.000000197. The van der Waals surface area contributed by atoms with Crippen LogP contribution >= 0.6 is 31.9 Å². The highest BCUT2D eigenvalue weighted by molar-refractivity contribution is 9.10. The Labute approximate surface area is 659 Å². The topological polar surface area (TPSA) is 367 Å². The Kier molecular flexibility index (Phi) is 34.1. The SMILES string of the molecule is CC(C)(C)OC(=O)/C=C/c1ccc(C#N)cc1.CC(C)(C)OC(=O)[C@H]1C[C@@H]1c1ccc(C#N)cc1.N#Cc1ccc(C=O)cc1.N#Cc1ccc([C@H]2C[C@@H]2C(=O)O)cc1.N#Cc1ccc([C@H]2C[C@@H]2CO)cc1.NC(=O)c1ccc([C@H]2C[C@@H]2C(=O)O)cc1.OC/C=C/c1ccc(Br)cc1.OC[C@H]1C[C@@H]1c1ccc(Br)cc1. The van der Waals surface area contributed by atoms with Gasteiger partial charge in [0.2, 0.25) is 5.91 Å². The number of aliphatic carboxylic acids is 2. The third-order valence-corrected chi connectivity index (χ3v) is 18.7. The summed E-state index contributed by atoms with van der Waals surface area (Å²) in [5, 5.41) is 86.6. The van der Waals surface area contributed by atoms with Crippen LogP contribution in [0.3, 0.4) is 0 Å². The van der Waals surface area contributed by atoms with E-state index in [-0.39, 0.29) is 60.7 Å². The normalized spacial score (nSPS) is 19.4. The molecule has 0 aliphatic heterocycles. The number of hydrogen-bond donors (Lipinski definition) is 6. The molecule has 0 saturated heterocycles. The summed E-state index contributed by atoms with van der Waals surface area (Å²) in [7, 11) is 0. The Morgan fingerprint density at radius 3 is 1.04 bits per heavy atom. The molecule has 0 heterocycles. The van der Waals surface area contributed by atoms with Crippen LogP contribution in [0.1, 0.15) is 191 Å². The van der Waals surface area contributed by atoms with Gasteiger partial charge in [-0.05, 0) is 257 Å². The van der Waals surface area contributed by atoms with Gasteiger partial charge in [0.05, 0.1) is 82.5 Å². The molecule has 0 unspecified atom stereocenters. The highest BCUT2D eigenvalue weighted by Crippen LogP contribution is 2.51. The molecule has 0 aromatic heterocycles. The molecule has 0 radical (unpaired) electrons. The van der Waals surface area contributed by atoms with Gasteiger partial charge in [0.15, 0.2) is 0 Å². The maximum absolute atomic E-state index is 11.9. The van der Waals surface area contributed by atoms with Crippen molar-refractivity contribution < 1.29 is 63.8 Å². The number of hydrogen-bond acceptors (Lipinski definition) is 16. The molecule has 0 spiro atoms. The van der Waals surface area contributed by atoms with E-state index in [0.29, 0.717) is 75.6 Å². The average molecular weight is 1610 g/mol. The first-order valence-electron chi connectivity index (χ1n) is 35.4. The predicted octanol–water partition coefficient (Wildman–Crippen LogP) is 16.7. The highest BCUT2D eigenvalue weighted by atomic mass is 79.9. The van der Waals surface area contributed by atoms with Crippen molar-refractivity contribution in [2.45, 2.75) is 114 Å². The van der Waals surface area contributed by atoms with Gasteiger partial charge in [0.1, 0.15) is 17.5 Å². The van der Waals surface area contributed by atoms with E-state index in [1.54, 1.807) is 109 Å². The molecule has 110 heavy (non-hydrogen) atoms. The summed E-state index contributed by atoms with van der Waals surface area (Å²) in [5.41, 5.74) is 16.0. The molecule has 8 aromatic rings. The summed E-state index contributed by atoms with van der Waals surface area (Å²) in [6.07, 6.45) is 11.9. The van der Waals surface area contributed by atoms with Gasteiger partial charge in [-0.3, -0.25) is 24.0 Å². The molecule has 13 rings (SSSR count). The van der Waals surface area contributed by atoms with E-state index in [2.05, 4.69) is 68.3 Å². The number of carboxylic acids is 2. The van der Waals surface area contributed by atoms with Crippen LogP contribution in [0.15, 0.2) is 215 Å². The fourth-order valence-corrected chi connectivity index (χ4v) is 11.7. The minimum Gasteiger partial charge on any atom is -0.481 e. The minimum atomic E-state index is -0.751. The lowest BCUT2D eigenvalue weighted by atomic mass is 10.1. The first kappa shape index (κ1) is 87.5. The zero-order valence-electron chi connectivity index (χ0n) is 61.9. The number of nitrogens with two attached hydrogens (primary N) is 1. The Morgan fingerprint density at radius 1 is 0.427 bits per heavy atom. The fraction of sp³-hybridized carbons (Fsp3) is 0.292. The number of rotatable bonds is 16. The van der Waals surface area contributed by atoms with E-state index in [1.807, 2.05) is 139 Å². The number of nitrogens with zero attached hydrogens (tertiary/aromatic N) is 5. The number of halogens is 2. The Hall–Kier alpha value is -11.5. The number of aldehydes is 1. The lowest BCUT2D eigenvalue weighted by Gasteiger charge is -2.19. The number of nitriles is 5. The Bertz CT molecular complexity index is 4660. The molecule has 5 aliphatic carbocycles. The standard InChI is InChI=1S/C15H17NO2.C14H15NO2.C11H11NO3.C11H9NO2.C11H11NO.C10H11BrO.C9H9BrO.C8H5NO/c1-15(2,3)18-14(17)13-8-12(13)11-6-4-10(9-16)5-7-11;1-14(2,3)17-13(16)9-8-11-4-6-12(10-15)7-5-11;12-10(13)7-3-1-6(2-4-7)8-5-9(8)11(14)15;12-6-7-1-3-8(4-2-7)9-5-10(9)11(13)14;12-6-8-1-3-9(4-2-8)11-5-10(11)7-13;11-9-3-1-7(2-4-9)10-5-8(10)6-12;10-9-5-3-8(4-6-9)2-1-7-11;9-5-7-1-3-8(6-10)4-2-7/h4-7,12-13H,8H2,1-3H3;4-9H,1-3H3;1-4,8-9H,5H2,(H2,12,13)(H,14,15);1-4,9-10H,5H2,(H,13,14);1-4,10-11,13H,5,7H2;1-4,8,10,12H,5-6H2;1-6,11H,7H2;1-4,6H/b;9-8+;;;;;2-1+;/t12-,13+;;8-,9+;9-,10+;10-,11-;8-,10-;;/m1.1111../s1. The van der Waals surface area contributed by atoms with Crippen LogP contribution in [0.2, 0.25) is 0 Å². The van der Waals surface area contributed by atoms with Crippen LogP contribution in [-0.4, -0.2) is 92.6 Å². The van der Waals surface area contributed by atoms with Crippen LogP contribution < -0.4 is 5.73 Å². The molecule has 21 heteroatoms. The third-order valence-electron chi connectivity index (χ3n) is 17.7. The summed E-state index contributed by atoms with van der Waals surface area (Å²) < 4.78 is 12.7. The van der Waals surface area contributed by atoms with Gasteiger partial charge in [-0.25, -0.2) is 4.79 Å². The number of carboxylic acid groups (broad SMARTS) is 2. The molecule has 5 fully saturated rings. The molecular weight excluding hydrogens is 1520 g/mol. The maximum atomic E-state index is 11.9. The largest absolute Gasteiger partial charge is 0.481 e. The van der Waals surface area contributed by atoms with Crippen molar-refractivity contribution in [1.82, 2.24) is 0 Å². The Morgan fingerprint density at radius 2 is 0.727 bits per heavy atom. The fourth-order valence-electron chi connectivity index (χ4n) is 11.2. The number of primary amides is 1. The van der Waals surface area contributed by atoms with Gasteiger partial charge in [0, 0.05) is 39.4 Å². The molecule has 10 atom stereocenters. The number of carbonyl (C=O) groups is 6. The average Bonchev–Trinajstić information content (AvgIpc) is 1.65. The second-order valence-electron chi connectivity index (χ2n) is 28.5. The number of aliphatic hydroxyl groups is 3. The molecule has 7 N–H and O–H groups in total. The first-order valence-corrected chi connectivity index (χ1v) is 37.0. The number of aliphatic hydroxyl groups excluding tert-OH is 3. The number of carbonyl (C=O) groups excluding carboxylic acids is 4. The number of benzene rings is 8. The second kappa shape index (κ2) is 42.9. The highest BCUT2D eigenvalue weighted by Gasteiger charge is 2.47. The van der Waals surface area contributed by atoms with Crippen molar-refractivity contribution >= 4 is 80.1 Å². The molecular formula is C89H88Br2N6O13. The van der Waals surface area contributed by atoms with Crippen LogP contribution in [-0.2, 0) is 28.7 Å². The lowest BCUT2D eigenvalue weighted by molar-refractivity contribution is -0.156. The van der Waals surface area contributed by atoms with E-state index in [9.17, 15) is 28.8 Å². The maximum Gasteiger partial charge on any atom is 0.331 e. The smallest absolute Gasteiger partial charge is 0.331 e. The monoisotopic (exact) mass is 1610 g/mol. The van der Waals surface area contributed by atoms with E-state index < -0.39 is 29.0 Å². The summed E-state index contributed by atoms with van der Waals surface area (Å²) >= 11 is 6.74. The second-order valence-corrected chi connectivity index (χ2v) is 30.3. The van der Waals surface area contributed by atoms with Crippen LogP contribution in [0, 0.1) is 86.2 Å². The number of esters is 2. The zero-order valence-corrected chi connectivity index (χ0v) is 65.0. The summed E-state index contributed by atoms with van der Waals surface area (Å²) in [6, 6.07) is 68.9. The van der Waals surface area contributed by atoms with E-state index in [0.717, 1.165) is 68.7 Å². The summed E-state index contributed by atoms with van der Waals surface area (Å²) in [4.78, 5) is 65.4. The van der Waals surface area contributed by atoms with Gasteiger partial charge in [-0.15, -0.1) is 0 Å². The van der Waals surface area contributed by atoms with E-state index >= 15 is 0 Å². The van der Waals surface area contributed by atoms with Crippen molar-refractivity contribution in [3.05, 3.63) is 293 Å². The van der Waals surface area contributed by atoms with Crippen molar-refractivity contribution in [3.8, 4) is 30.3 Å². The van der Waals surface area contributed by atoms with Crippen molar-refractivity contribution in [3.63, 3.8) is 0 Å². The quantitative estimate of drug-likeness (QED) is 0.0297. The molecule has 19 nitrogen and oxygen atoms in total. The first-order chi connectivity index (χ1) is 52.5. The van der Waals surface area contributed by atoms with Crippen LogP contribution in [0.4, 0.5) is 0 Å². The van der Waals surface area contributed by atoms with Crippen LogP contribution in [0.25, 0.3) is 12.2 Å². The van der Waals surface area contributed by atoms with Gasteiger partial charge < -0.3 is 40.7 Å². The molecule has 5 saturated carbocycles. The molecule has 1 amide bonds. The third kappa shape index (κ3) is 30.7. The zero-order chi connectivity index (χ0) is 80.7. The number of amides is 1.